The predicted octanol–water partition coefficient (Wildman–Crippen LogP) is 3.77. The van der Waals surface area contributed by atoms with Crippen molar-refractivity contribution in [2.24, 2.45) is 11.7 Å². The molecule has 1 aromatic rings. The molecule has 0 aliphatic carbocycles. The maximum absolute atomic E-state index is 13.5. The van der Waals surface area contributed by atoms with E-state index in [0.29, 0.717) is 12.3 Å². The summed E-state index contributed by atoms with van der Waals surface area (Å²) < 4.78 is 26.8. The first-order valence-corrected chi connectivity index (χ1v) is 5.61. The molecule has 1 atom stereocenters. The zero-order valence-electron chi connectivity index (χ0n) is 8.73. The fourth-order valence-electron chi connectivity index (χ4n) is 1.46. The van der Waals surface area contributed by atoms with Crippen LogP contribution in [0.3, 0.4) is 0 Å². The topological polar surface area (TPSA) is 26.0 Å². The molecule has 0 bridgehead atoms. The molecule has 0 heterocycles. The highest BCUT2D eigenvalue weighted by Gasteiger charge is 2.15. The van der Waals surface area contributed by atoms with Gasteiger partial charge in [0.2, 0.25) is 0 Å². The lowest BCUT2D eigenvalue weighted by Gasteiger charge is -2.15. The third-order valence-electron chi connectivity index (χ3n) is 2.16. The first kappa shape index (κ1) is 12.6. The fraction of sp³-hybridized carbons (Fsp3) is 0.455. The molecule has 0 aromatic heterocycles. The summed E-state index contributed by atoms with van der Waals surface area (Å²) >= 11 is 2.92. The van der Waals surface area contributed by atoms with E-state index in [-0.39, 0.29) is 10.0 Å². The Kier molecular flexibility index (Phi) is 4.22. The minimum Gasteiger partial charge on any atom is -0.324 e. The summed E-state index contributed by atoms with van der Waals surface area (Å²) in [6.07, 6.45) is 0.637. The van der Waals surface area contributed by atoms with E-state index in [2.05, 4.69) is 15.9 Å². The summed E-state index contributed by atoms with van der Waals surface area (Å²) in [4.78, 5) is 0. The summed E-state index contributed by atoms with van der Waals surface area (Å²) in [7, 11) is 0. The van der Waals surface area contributed by atoms with Gasteiger partial charge in [0.25, 0.3) is 0 Å². The molecule has 1 rings (SSSR count). The Bertz CT molecular complexity index is 353. The van der Waals surface area contributed by atoms with Gasteiger partial charge in [-0.05, 0) is 40.4 Å². The van der Waals surface area contributed by atoms with E-state index >= 15 is 0 Å². The number of hydrogen-bond acceptors (Lipinski definition) is 1. The third kappa shape index (κ3) is 3.24. The van der Waals surface area contributed by atoms with Gasteiger partial charge in [0.1, 0.15) is 11.6 Å². The molecule has 0 amide bonds. The Morgan fingerprint density at radius 3 is 2.40 bits per heavy atom. The van der Waals surface area contributed by atoms with E-state index in [0.717, 1.165) is 12.1 Å². The highest BCUT2D eigenvalue weighted by atomic mass is 79.9. The quantitative estimate of drug-likeness (QED) is 0.837. The normalized spacial score (nSPS) is 13.3. The molecule has 84 valence electrons. The maximum Gasteiger partial charge on any atom is 0.137 e. The molecular formula is C11H14BrF2N. The van der Waals surface area contributed by atoms with E-state index in [1.165, 1.54) is 0 Å². The number of halogens is 3. The van der Waals surface area contributed by atoms with Gasteiger partial charge < -0.3 is 5.73 Å². The average molecular weight is 278 g/mol. The summed E-state index contributed by atoms with van der Waals surface area (Å²) in [5.74, 6) is -0.590. The Morgan fingerprint density at radius 2 is 1.87 bits per heavy atom. The van der Waals surface area contributed by atoms with E-state index in [9.17, 15) is 8.78 Å². The summed E-state index contributed by atoms with van der Waals surface area (Å²) in [6.45, 7) is 3.99. The molecule has 0 aliphatic heterocycles. The number of nitrogens with two attached hydrogens (primary N) is 1. The summed E-state index contributed by atoms with van der Waals surface area (Å²) in [6, 6.07) is 1.82. The minimum absolute atomic E-state index is 0.125. The van der Waals surface area contributed by atoms with Crippen LogP contribution in [0, 0.1) is 17.6 Å². The van der Waals surface area contributed by atoms with Gasteiger partial charge in [-0.1, -0.05) is 13.8 Å². The van der Waals surface area contributed by atoms with Crippen LogP contribution in [0.25, 0.3) is 0 Å². The average Bonchev–Trinajstić information content (AvgIpc) is 2.09. The Hall–Kier alpha value is -0.480. The second-order valence-corrected chi connectivity index (χ2v) is 4.88. The molecule has 0 saturated heterocycles. The Morgan fingerprint density at radius 1 is 1.27 bits per heavy atom. The number of rotatable bonds is 3. The summed E-state index contributed by atoms with van der Waals surface area (Å²) in [5, 5.41) is 0. The van der Waals surface area contributed by atoms with Gasteiger partial charge in [0.15, 0.2) is 0 Å². The minimum atomic E-state index is -0.481. The largest absolute Gasteiger partial charge is 0.324 e. The molecule has 0 saturated carbocycles. The molecule has 0 fully saturated rings. The number of hydrogen-bond donors (Lipinski definition) is 1. The van der Waals surface area contributed by atoms with Crippen molar-refractivity contribution >= 4 is 15.9 Å². The molecule has 0 aliphatic rings. The second kappa shape index (κ2) is 5.03. The van der Waals surface area contributed by atoms with Crippen molar-refractivity contribution in [2.45, 2.75) is 26.3 Å². The first-order chi connectivity index (χ1) is 6.91. The van der Waals surface area contributed by atoms with Crippen LogP contribution in [0.15, 0.2) is 16.6 Å². The molecule has 0 spiro atoms. The van der Waals surface area contributed by atoms with E-state index in [4.69, 9.17) is 5.73 Å². The lowest BCUT2D eigenvalue weighted by atomic mass is 9.97. The smallest absolute Gasteiger partial charge is 0.137 e. The van der Waals surface area contributed by atoms with Crippen molar-refractivity contribution in [3.8, 4) is 0 Å². The van der Waals surface area contributed by atoms with Gasteiger partial charge in [-0.3, -0.25) is 0 Å². The molecule has 2 N–H and O–H groups in total. The van der Waals surface area contributed by atoms with E-state index < -0.39 is 17.7 Å². The van der Waals surface area contributed by atoms with Crippen molar-refractivity contribution in [3.05, 3.63) is 33.8 Å². The van der Waals surface area contributed by atoms with E-state index in [1.54, 1.807) is 0 Å². The molecule has 1 aromatic carbocycles. The SMILES string of the molecule is CC(C)CC(N)c1cc(F)c(Br)cc1F. The first-order valence-electron chi connectivity index (χ1n) is 4.81. The van der Waals surface area contributed by atoms with Crippen molar-refractivity contribution in [2.75, 3.05) is 0 Å². The third-order valence-corrected chi connectivity index (χ3v) is 2.77. The van der Waals surface area contributed by atoms with Crippen molar-refractivity contribution in [1.82, 2.24) is 0 Å². The van der Waals surface area contributed by atoms with Gasteiger partial charge in [-0.2, -0.15) is 0 Å². The number of benzene rings is 1. The van der Waals surface area contributed by atoms with Crippen LogP contribution in [0.1, 0.15) is 31.9 Å². The summed E-state index contributed by atoms with van der Waals surface area (Å²) in [5.41, 5.74) is 6.03. The van der Waals surface area contributed by atoms with Gasteiger partial charge >= 0.3 is 0 Å². The van der Waals surface area contributed by atoms with Crippen molar-refractivity contribution in [1.29, 1.82) is 0 Å². The van der Waals surface area contributed by atoms with Crippen LogP contribution >= 0.6 is 15.9 Å². The highest BCUT2D eigenvalue weighted by Crippen LogP contribution is 2.26. The predicted molar refractivity (Wildman–Crippen MR) is 60.4 cm³/mol. The molecule has 4 heteroatoms. The lowest BCUT2D eigenvalue weighted by Crippen LogP contribution is -2.15. The van der Waals surface area contributed by atoms with E-state index in [1.807, 2.05) is 13.8 Å². The highest BCUT2D eigenvalue weighted by molar-refractivity contribution is 9.10. The Labute approximate surface area is 96.8 Å². The van der Waals surface area contributed by atoms with Gasteiger partial charge in [0.05, 0.1) is 4.47 Å². The zero-order chi connectivity index (χ0) is 11.6. The monoisotopic (exact) mass is 277 g/mol. The van der Waals surface area contributed by atoms with Crippen LogP contribution in [-0.2, 0) is 0 Å². The second-order valence-electron chi connectivity index (χ2n) is 4.02. The van der Waals surface area contributed by atoms with Crippen LogP contribution in [0.2, 0.25) is 0 Å². The van der Waals surface area contributed by atoms with Crippen LogP contribution in [0.4, 0.5) is 8.78 Å². The molecule has 15 heavy (non-hydrogen) atoms. The van der Waals surface area contributed by atoms with Gasteiger partial charge in [-0.25, -0.2) is 8.78 Å². The lowest BCUT2D eigenvalue weighted by molar-refractivity contribution is 0.483. The molecule has 1 unspecified atom stereocenters. The molecule has 0 radical (unpaired) electrons. The maximum atomic E-state index is 13.5. The molecular weight excluding hydrogens is 264 g/mol. The van der Waals surface area contributed by atoms with Crippen molar-refractivity contribution in [3.63, 3.8) is 0 Å². The van der Waals surface area contributed by atoms with Crippen LogP contribution in [0.5, 0.6) is 0 Å². The Balaban J connectivity index is 2.98. The molecule has 1 nitrogen and oxygen atoms in total. The standard InChI is InChI=1S/C11H14BrF2N/c1-6(2)3-11(15)7-4-10(14)8(12)5-9(7)13/h4-6,11H,3,15H2,1-2H3. The van der Waals surface area contributed by atoms with Crippen molar-refractivity contribution < 1.29 is 8.78 Å². The van der Waals surface area contributed by atoms with Gasteiger partial charge in [-0.15, -0.1) is 0 Å². The zero-order valence-corrected chi connectivity index (χ0v) is 10.3. The van der Waals surface area contributed by atoms with Gasteiger partial charge in [0, 0.05) is 11.6 Å². The van der Waals surface area contributed by atoms with Crippen LogP contribution < -0.4 is 5.73 Å². The fourth-order valence-corrected chi connectivity index (χ4v) is 1.77. The van der Waals surface area contributed by atoms with Crippen LogP contribution in [-0.4, -0.2) is 0 Å².